The summed E-state index contributed by atoms with van der Waals surface area (Å²) >= 11 is 1.32. The normalized spacial score (nSPS) is 11.1. The standard InChI is InChI=1S/C26H25N5OS/c1-18-4-10-21(11-5-18)16-27-28-24(32)17-33-26-30-29-25(22-12-6-19(2)7-13-22)31(26)23-14-8-20(3)9-15-23/h4-16H,17H2,1-3H3,(H,28,32)/b27-16-. The van der Waals surface area contributed by atoms with Crippen LogP contribution < -0.4 is 5.43 Å². The van der Waals surface area contributed by atoms with Gasteiger partial charge in [0.25, 0.3) is 5.91 Å². The van der Waals surface area contributed by atoms with Gasteiger partial charge in [-0.2, -0.15) is 5.10 Å². The van der Waals surface area contributed by atoms with E-state index in [1.54, 1.807) is 6.21 Å². The minimum atomic E-state index is -0.210. The van der Waals surface area contributed by atoms with E-state index in [-0.39, 0.29) is 11.7 Å². The zero-order valence-electron chi connectivity index (χ0n) is 18.8. The molecular formula is C26H25N5OS. The molecule has 0 atom stereocenters. The largest absolute Gasteiger partial charge is 0.272 e. The van der Waals surface area contributed by atoms with E-state index in [2.05, 4.69) is 51.9 Å². The summed E-state index contributed by atoms with van der Waals surface area (Å²) in [6.07, 6.45) is 1.63. The van der Waals surface area contributed by atoms with Crippen LogP contribution in [0.2, 0.25) is 0 Å². The number of hydrazone groups is 1. The lowest BCUT2D eigenvalue weighted by Crippen LogP contribution is -2.20. The summed E-state index contributed by atoms with van der Waals surface area (Å²) < 4.78 is 1.98. The molecule has 0 aliphatic heterocycles. The molecule has 166 valence electrons. The summed E-state index contributed by atoms with van der Waals surface area (Å²) in [6, 6.07) is 24.3. The molecule has 1 N–H and O–H groups in total. The molecule has 1 aromatic heterocycles. The van der Waals surface area contributed by atoms with Gasteiger partial charge in [0.1, 0.15) is 0 Å². The van der Waals surface area contributed by atoms with Crippen LogP contribution >= 0.6 is 11.8 Å². The molecule has 1 amide bonds. The first-order chi connectivity index (χ1) is 16.0. The Labute approximate surface area is 197 Å². The number of carbonyl (C=O) groups is 1. The molecule has 0 aliphatic rings. The minimum absolute atomic E-state index is 0.170. The molecule has 1 heterocycles. The van der Waals surface area contributed by atoms with Gasteiger partial charge in [-0.05, 0) is 38.5 Å². The maximum absolute atomic E-state index is 12.4. The van der Waals surface area contributed by atoms with Crippen LogP contribution in [0.1, 0.15) is 22.3 Å². The molecule has 0 saturated heterocycles. The van der Waals surface area contributed by atoms with Crippen molar-refractivity contribution < 1.29 is 4.79 Å². The number of benzene rings is 3. The Hall–Kier alpha value is -3.71. The maximum Gasteiger partial charge on any atom is 0.250 e. The molecule has 0 spiro atoms. The molecule has 7 heteroatoms. The molecule has 4 rings (SSSR count). The first kappa shape index (κ1) is 22.5. The molecule has 0 aliphatic carbocycles. The SMILES string of the molecule is Cc1ccc(/C=N\NC(=O)CSc2nnc(-c3ccc(C)cc3)n2-c2ccc(C)cc2)cc1. The molecule has 3 aromatic carbocycles. The highest BCUT2D eigenvalue weighted by Crippen LogP contribution is 2.28. The van der Waals surface area contributed by atoms with Crippen molar-refractivity contribution in [2.24, 2.45) is 5.10 Å². The van der Waals surface area contributed by atoms with Crippen molar-refractivity contribution in [1.29, 1.82) is 0 Å². The van der Waals surface area contributed by atoms with Crippen molar-refractivity contribution in [2.45, 2.75) is 25.9 Å². The fraction of sp³-hybridized carbons (Fsp3) is 0.154. The molecule has 0 unspecified atom stereocenters. The molecule has 0 saturated carbocycles. The molecule has 33 heavy (non-hydrogen) atoms. The van der Waals surface area contributed by atoms with Crippen molar-refractivity contribution in [3.05, 3.63) is 95.1 Å². The Morgan fingerprint density at radius 3 is 2.09 bits per heavy atom. The van der Waals surface area contributed by atoms with Crippen LogP contribution in [0.25, 0.3) is 17.1 Å². The summed E-state index contributed by atoms with van der Waals surface area (Å²) in [5.41, 5.74) is 8.94. The zero-order valence-corrected chi connectivity index (χ0v) is 19.6. The van der Waals surface area contributed by atoms with Crippen molar-refractivity contribution in [3.63, 3.8) is 0 Å². The van der Waals surface area contributed by atoms with Crippen LogP contribution in [0.5, 0.6) is 0 Å². The molecule has 4 aromatic rings. The lowest BCUT2D eigenvalue weighted by molar-refractivity contribution is -0.118. The number of amides is 1. The van der Waals surface area contributed by atoms with Crippen LogP contribution in [0, 0.1) is 20.8 Å². The number of carbonyl (C=O) groups excluding carboxylic acids is 1. The van der Waals surface area contributed by atoms with Crippen molar-refractivity contribution >= 4 is 23.9 Å². The Morgan fingerprint density at radius 1 is 0.879 bits per heavy atom. The number of hydrogen-bond donors (Lipinski definition) is 1. The minimum Gasteiger partial charge on any atom is -0.272 e. The summed E-state index contributed by atoms with van der Waals surface area (Å²) in [5.74, 6) is 0.696. The average molecular weight is 456 g/mol. The summed E-state index contributed by atoms with van der Waals surface area (Å²) in [5, 5.41) is 13.5. The Balaban J connectivity index is 1.51. The van der Waals surface area contributed by atoms with Gasteiger partial charge in [0.2, 0.25) is 0 Å². The second kappa shape index (κ2) is 10.3. The first-order valence-electron chi connectivity index (χ1n) is 10.6. The Bertz CT molecular complexity index is 1260. The second-order valence-electron chi connectivity index (χ2n) is 7.84. The van der Waals surface area contributed by atoms with Crippen LogP contribution in [0.15, 0.2) is 83.1 Å². The van der Waals surface area contributed by atoms with Crippen LogP contribution in [0.4, 0.5) is 0 Å². The van der Waals surface area contributed by atoms with E-state index >= 15 is 0 Å². The van der Waals surface area contributed by atoms with E-state index in [9.17, 15) is 4.79 Å². The third kappa shape index (κ3) is 5.75. The Kier molecular flexibility index (Phi) is 7.00. The predicted molar refractivity (Wildman–Crippen MR) is 134 cm³/mol. The van der Waals surface area contributed by atoms with E-state index in [4.69, 9.17) is 0 Å². The van der Waals surface area contributed by atoms with Gasteiger partial charge in [-0.3, -0.25) is 9.36 Å². The van der Waals surface area contributed by atoms with Gasteiger partial charge in [0.05, 0.1) is 12.0 Å². The van der Waals surface area contributed by atoms with Crippen molar-refractivity contribution in [1.82, 2.24) is 20.2 Å². The van der Waals surface area contributed by atoms with Gasteiger partial charge in [0, 0.05) is 11.3 Å². The average Bonchev–Trinajstić information content (AvgIpc) is 3.24. The highest BCUT2D eigenvalue weighted by atomic mass is 32.2. The van der Waals surface area contributed by atoms with Crippen LogP contribution in [-0.4, -0.2) is 32.6 Å². The summed E-state index contributed by atoms with van der Waals surface area (Å²) in [6.45, 7) is 6.13. The Morgan fingerprint density at radius 2 is 1.45 bits per heavy atom. The topological polar surface area (TPSA) is 72.2 Å². The number of nitrogens with one attached hydrogen (secondary N) is 1. The number of hydrogen-bond acceptors (Lipinski definition) is 5. The first-order valence-corrected chi connectivity index (χ1v) is 11.6. The molecule has 0 radical (unpaired) electrons. The smallest absolute Gasteiger partial charge is 0.250 e. The van der Waals surface area contributed by atoms with Crippen LogP contribution in [-0.2, 0) is 4.79 Å². The highest BCUT2D eigenvalue weighted by molar-refractivity contribution is 7.99. The van der Waals surface area contributed by atoms with E-state index < -0.39 is 0 Å². The molecule has 0 bridgehead atoms. The van der Waals surface area contributed by atoms with E-state index in [0.717, 1.165) is 22.6 Å². The monoisotopic (exact) mass is 455 g/mol. The highest BCUT2D eigenvalue weighted by Gasteiger charge is 2.17. The third-order valence-electron chi connectivity index (χ3n) is 5.05. The second-order valence-corrected chi connectivity index (χ2v) is 8.78. The third-order valence-corrected chi connectivity index (χ3v) is 5.98. The maximum atomic E-state index is 12.4. The summed E-state index contributed by atoms with van der Waals surface area (Å²) in [4.78, 5) is 12.4. The van der Waals surface area contributed by atoms with E-state index in [1.165, 1.54) is 28.5 Å². The number of aryl methyl sites for hydroxylation is 3. The number of rotatable bonds is 7. The molecule has 6 nitrogen and oxygen atoms in total. The van der Waals surface area contributed by atoms with Gasteiger partial charge < -0.3 is 0 Å². The fourth-order valence-corrected chi connectivity index (χ4v) is 3.92. The van der Waals surface area contributed by atoms with Crippen molar-refractivity contribution in [2.75, 3.05) is 5.75 Å². The van der Waals surface area contributed by atoms with E-state index in [0.29, 0.717) is 5.16 Å². The van der Waals surface area contributed by atoms with Crippen LogP contribution in [0.3, 0.4) is 0 Å². The zero-order chi connectivity index (χ0) is 23.2. The predicted octanol–water partition coefficient (Wildman–Crippen LogP) is 5.10. The lowest BCUT2D eigenvalue weighted by Gasteiger charge is -2.11. The fourth-order valence-electron chi connectivity index (χ4n) is 3.17. The van der Waals surface area contributed by atoms with Gasteiger partial charge in [-0.15, -0.1) is 10.2 Å². The van der Waals surface area contributed by atoms with Gasteiger partial charge >= 0.3 is 0 Å². The van der Waals surface area contributed by atoms with Crippen molar-refractivity contribution in [3.8, 4) is 17.1 Å². The van der Waals surface area contributed by atoms with Gasteiger partial charge in [-0.25, -0.2) is 5.43 Å². The number of nitrogens with zero attached hydrogens (tertiary/aromatic N) is 4. The summed E-state index contributed by atoms with van der Waals surface area (Å²) in [7, 11) is 0. The van der Waals surface area contributed by atoms with Gasteiger partial charge in [0.15, 0.2) is 11.0 Å². The number of thioether (sulfide) groups is 1. The van der Waals surface area contributed by atoms with E-state index in [1.807, 2.05) is 66.9 Å². The molecular weight excluding hydrogens is 430 g/mol. The van der Waals surface area contributed by atoms with Gasteiger partial charge in [-0.1, -0.05) is 89.1 Å². The quantitative estimate of drug-likeness (QED) is 0.239. The number of aromatic nitrogens is 3. The lowest BCUT2D eigenvalue weighted by atomic mass is 10.1. The molecule has 0 fully saturated rings.